The molecule has 67 heavy (non-hydrogen) atoms. The van der Waals surface area contributed by atoms with Gasteiger partial charge in [-0.3, -0.25) is 24.7 Å². The average molecular weight is 925 g/mol. The molecular weight excluding hydrogens is 887 g/mol. The molecule has 7 aromatic rings. The van der Waals surface area contributed by atoms with E-state index in [0.717, 1.165) is 19.3 Å². The van der Waals surface area contributed by atoms with Gasteiger partial charge < -0.3 is 30.2 Å². The van der Waals surface area contributed by atoms with E-state index in [1.54, 1.807) is 72.8 Å². The first kappa shape index (κ1) is 43.6. The van der Waals surface area contributed by atoms with Crippen LogP contribution in [-0.2, 0) is 18.0 Å². The van der Waals surface area contributed by atoms with Gasteiger partial charge in [-0.1, -0.05) is 85.3 Å². The molecule has 2 aromatic heterocycles. The van der Waals surface area contributed by atoms with Gasteiger partial charge in [-0.05, 0) is 60.7 Å². The second-order valence-electron chi connectivity index (χ2n) is 17.0. The summed E-state index contributed by atoms with van der Waals surface area (Å²) in [4.78, 5) is 57.8. The fourth-order valence-electron chi connectivity index (χ4n) is 9.15. The summed E-state index contributed by atoms with van der Waals surface area (Å²) in [7, 11) is 0. The first-order valence-electron chi connectivity index (χ1n) is 21.1. The third-order valence-electron chi connectivity index (χ3n) is 13.0. The second-order valence-corrected chi connectivity index (χ2v) is 17.0. The molecule has 1 aliphatic carbocycles. The molecule has 20 heteroatoms. The zero-order chi connectivity index (χ0) is 47.3. The molecule has 6 N–H and O–H groups in total. The van der Waals surface area contributed by atoms with Crippen LogP contribution in [0, 0.1) is 5.92 Å². The summed E-state index contributed by atoms with van der Waals surface area (Å²) < 4.78 is 85.7. The number of H-pyrrole nitrogens is 2. The van der Waals surface area contributed by atoms with Gasteiger partial charge in [0.1, 0.15) is 0 Å². The topological polar surface area (TPSA) is 191 Å². The summed E-state index contributed by atoms with van der Waals surface area (Å²) in [5.74, 6) is -2.05. The van der Waals surface area contributed by atoms with Crippen molar-refractivity contribution in [3.63, 3.8) is 0 Å². The van der Waals surface area contributed by atoms with Crippen LogP contribution in [0.15, 0.2) is 115 Å². The lowest BCUT2D eigenvalue weighted by molar-refractivity contribution is -0.363. The van der Waals surface area contributed by atoms with Crippen molar-refractivity contribution in [2.75, 3.05) is 23.3 Å². The number of amides is 4. The van der Waals surface area contributed by atoms with Crippen LogP contribution in [0.4, 0.5) is 43.0 Å². The monoisotopic (exact) mass is 924 g/mol. The Morgan fingerprint density at radius 3 is 1.81 bits per heavy atom. The van der Waals surface area contributed by atoms with Crippen LogP contribution < -0.4 is 10.2 Å². The van der Waals surface area contributed by atoms with Crippen molar-refractivity contribution in [2.24, 2.45) is 5.92 Å². The minimum absolute atomic E-state index is 0.0116. The number of nitrogens with zero attached hydrogens (tertiary/aromatic N) is 5. The molecule has 14 nitrogen and oxygen atoms in total. The van der Waals surface area contributed by atoms with Crippen LogP contribution in [0.2, 0.25) is 0 Å². The summed E-state index contributed by atoms with van der Waals surface area (Å²) in [6.07, 6.45) is -9.95. The number of rotatable bonds is 10. The van der Waals surface area contributed by atoms with Gasteiger partial charge in [0.25, 0.3) is 17.4 Å². The van der Waals surface area contributed by atoms with E-state index < -0.39 is 59.8 Å². The van der Waals surface area contributed by atoms with Gasteiger partial charge in [-0.2, -0.15) is 26.3 Å². The number of carbonyl (C=O) groups excluding carboxylic acids is 3. The largest absolute Gasteiger partial charge is 0.428 e. The van der Waals surface area contributed by atoms with Crippen molar-refractivity contribution in [3.8, 4) is 0 Å². The van der Waals surface area contributed by atoms with Gasteiger partial charge in [0.15, 0.2) is 11.4 Å². The molecule has 5 aromatic carbocycles. The number of halogens is 6. The number of carbonyl (C=O) groups is 3. The summed E-state index contributed by atoms with van der Waals surface area (Å²) in [5, 5.41) is 37.5. The molecular formula is C47H38F6N8O6. The van der Waals surface area contributed by atoms with E-state index in [0.29, 0.717) is 16.7 Å². The van der Waals surface area contributed by atoms with Crippen molar-refractivity contribution in [2.45, 2.75) is 55.2 Å². The van der Waals surface area contributed by atoms with E-state index in [-0.39, 0.29) is 74.1 Å². The van der Waals surface area contributed by atoms with Gasteiger partial charge in [0.2, 0.25) is 11.9 Å². The highest BCUT2D eigenvalue weighted by Gasteiger charge is 2.71. The Morgan fingerprint density at radius 1 is 0.716 bits per heavy atom. The van der Waals surface area contributed by atoms with Crippen LogP contribution in [0.1, 0.15) is 67.8 Å². The minimum atomic E-state index is -6.35. The number of hydrogen-bond acceptors (Lipinski definition) is 8. The Labute approximate surface area is 375 Å². The lowest BCUT2D eigenvalue weighted by Crippen LogP contribution is -2.64. The molecule has 2 unspecified atom stereocenters. The van der Waals surface area contributed by atoms with Gasteiger partial charge in [0, 0.05) is 46.5 Å². The lowest BCUT2D eigenvalue weighted by Gasteiger charge is -2.39. The zero-order valence-corrected chi connectivity index (χ0v) is 34.9. The number of aliphatic hydroxyl groups is 3. The SMILES string of the molecule is O=C(Nc1nc2cc(C3(O)c4ccccc4C(=O)N3CC3CCC3)ccc2[nH]1)N(CC(O)(C(F)(F)F)C(F)(F)F)c1nc2cc(C3(O)c4ccccc4C(=O)N3Cc3ccccc3)ccc2[nH]1. The zero-order valence-electron chi connectivity index (χ0n) is 34.9. The number of benzene rings is 5. The fourth-order valence-corrected chi connectivity index (χ4v) is 9.15. The van der Waals surface area contributed by atoms with E-state index in [2.05, 4.69) is 25.3 Å². The summed E-state index contributed by atoms with van der Waals surface area (Å²) >= 11 is 0. The Kier molecular flexibility index (Phi) is 10.0. The van der Waals surface area contributed by atoms with Crippen molar-refractivity contribution < 1.29 is 56.0 Å². The normalized spacial score (nSPS) is 19.8. The molecule has 3 aliphatic rings. The number of aromatic nitrogens is 4. The van der Waals surface area contributed by atoms with Crippen LogP contribution in [0.25, 0.3) is 22.1 Å². The van der Waals surface area contributed by atoms with Crippen molar-refractivity contribution in [3.05, 3.63) is 154 Å². The smallest absolute Gasteiger partial charge is 0.372 e. The molecule has 0 spiro atoms. The molecule has 0 bridgehead atoms. The van der Waals surface area contributed by atoms with E-state index >= 15 is 0 Å². The quantitative estimate of drug-likeness (QED) is 0.0755. The molecule has 0 saturated heterocycles. The predicted molar refractivity (Wildman–Crippen MR) is 229 cm³/mol. The number of urea groups is 1. The summed E-state index contributed by atoms with van der Waals surface area (Å²) in [6, 6.07) is 28.4. The van der Waals surface area contributed by atoms with Gasteiger partial charge in [-0.15, -0.1) is 0 Å². The Balaban J connectivity index is 1.01. The molecule has 2 atom stereocenters. The highest BCUT2D eigenvalue weighted by Crippen LogP contribution is 2.47. The Morgan fingerprint density at radius 2 is 1.24 bits per heavy atom. The van der Waals surface area contributed by atoms with Gasteiger partial charge >= 0.3 is 18.4 Å². The van der Waals surface area contributed by atoms with Gasteiger partial charge in [-0.25, -0.2) is 14.8 Å². The molecule has 1 fully saturated rings. The maximum absolute atomic E-state index is 14.3. The van der Waals surface area contributed by atoms with Crippen LogP contribution in [0.3, 0.4) is 0 Å². The second kappa shape index (κ2) is 15.4. The number of hydrogen-bond donors (Lipinski definition) is 6. The first-order chi connectivity index (χ1) is 31.8. The highest BCUT2D eigenvalue weighted by atomic mass is 19.4. The van der Waals surface area contributed by atoms with Gasteiger partial charge in [0.05, 0.1) is 28.6 Å². The predicted octanol–water partition coefficient (Wildman–Crippen LogP) is 7.63. The van der Waals surface area contributed by atoms with E-state index in [1.807, 2.05) is 0 Å². The molecule has 344 valence electrons. The maximum atomic E-state index is 14.3. The number of aromatic amines is 2. The highest BCUT2D eigenvalue weighted by molar-refractivity contribution is 6.03. The molecule has 4 heterocycles. The third kappa shape index (κ3) is 6.88. The number of alkyl halides is 6. The number of anilines is 2. The number of imidazole rings is 2. The Hall–Kier alpha value is -7.29. The van der Waals surface area contributed by atoms with Crippen molar-refractivity contribution in [1.29, 1.82) is 0 Å². The van der Waals surface area contributed by atoms with Crippen LogP contribution in [0.5, 0.6) is 0 Å². The number of nitrogens with one attached hydrogen (secondary N) is 3. The van der Waals surface area contributed by atoms with Crippen molar-refractivity contribution in [1.82, 2.24) is 29.7 Å². The Bertz CT molecular complexity index is 3100. The molecule has 1 saturated carbocycles. The average Bonchev–Trinajstić information content (AvgIpc) is 4.01. The molecule has 2 aliphatic heterocycles. The standard InChI is InChI=1S/C47H38F6N8O6/c48-46(49,50)43(65,47(51,52)53)25-59(41-56-35-20-18-29(22-37(35)57-41)45(67)33-16-7-5-14-31(33)38(62)60(45)23-26-9-2-1-3-10-26)42(64)58-40-54-34-19-17-28(21-36(34)55-40)44(66)32-15-6-4-13-30(32)39(63)61(44)24-27-11-8-12-27/h1-7,9-10,13-22,27,65-67H,8,11-12,23-25H2,(H,56,57)(H2,54,55,58,64). The van der Waals surface area contributed by atoms with Crippen LogP contribution >= 0.6 is 0 Å². The summed E-state index contributed by atoms with van der Waals surface area (Å²) in [6.45, 7) is -2.23. The first-order valence-corrected chi connectivity index (χ1v) is 21.1. The van der Waals surface area contributed by atoms with E-state index in [4.69, 9.17) is 0 Å². The number of fused-ring (bicyclic) bond motifs is 4. The lowest BCUT2D eigenvalue weighted by atomic mass is 9.84. The molecule has 4 amide bonds. The maximum Gasteiger partial charge on any atom is 0.428 e. The van der Waals surface area contributed by atoms with E-state index in [9.17, 15) is 56.0 Å². The fraction of sp³-hybridized carbons (Fsp3) is 0.255. The van der Waals surface area contributed by atoms with Crippen LogP contribution in [-0.4, -0.2) is 93.9 Å². The summed E-state index contributed by atoms with van der Waals surface area (Å²) in [5.41, 5.74) is -7.41. The molecule has 10 rings (SSSR count). The van der Waals surface area contributed by atoms with Crippen molar-refractivity contribution >= 4 is 51.8 Å². The third-order valence-corrected chi connectivity index (χ3v) is 13.0. The minimum Gasteiger partial charge on any atom is -0.372 e. The van der Waals surface area contributed by atoms with E-state index in [1.165, 1.54) is 52.3 Å². The molecule has 0 radical (unpaired) electrons.